The van der Waals surface area contributed by atoms with Gasteiger partial charge < -0.3 is 4.90 Å². The van der Waals surface area contributed by atoms with Crippen LogP contribution in [0.1, 0.15) is 34.3 Å². The number of carbonyl (C=O) groups excluding carboxylic acids is 1. The maximum Gasteiger partial charge on any atom is 0.255 e. The number of fused-ring (bicyclic) bond motifs is 3. The predicted molar refractivity (Wildman–Crippen MR) is 73.9 cm³/mol. The second-order valence-corrected chi connectivity index (χ2v) is 5.48. The zero-order valence-corrected chi connectivity index (χ0v) is 11.0. The summed E-state index contributed by atoms with van der Waals surface area (Å²) in [5.41, 5.74) is 2.21. The largest absolute Gasteiger partial charge is 0.325 e. The zero-order valence-electron chi connectivity index (χ0n) is 11.0. The van der Waals surface area contributed by atoms with Gasteiger partial charge in [0.25, 0.3) is 5.91 Å². The van der Waals surface area contributed by atoms with E-state index in [4.69, 9.17) is 0 Å². The number of hydrogen-bond acceptors (Lipinski definition) is 1. The lowest BCUT2D eigenvalue weighted by Crippen LogP contribution is -2.39. The van der Waals surface area contributed by atoms with Crippen LogP contribution in [-0.2, 0) is 5.54 Å². The molecule has 100 valence electrons. The van der Waals surface area contributed by atoms with Crippen molar-refractivity contribution in [2.75, 3.05) is 6.54 Å². The molecule has 0 aromatic heterocycles. The van der Waals surface area contributed by atoms with Crippen LogP contribution < -0.4 is 0 Å². The van der Waals surface area contributed by atoms with Gasteiger partial charge in [0.15, 0.2) is 0 Å². The molecule has 20 heavy (non-hydrogen) atoms. The number of carbonyl (C=O) groups is 1. The van der Waals surface area contributed by atoms with Gasteiger partial charge in [-0.1, -0.05) is 36.4 Å². The molecule has 4 rings (SSSR count). The van der Waals surface area contributed by atoms with Crippen molar-refractivity contribution in [1.82, 2.24) is 4.90 Å². The molecule has 2 aromatic rings. The highest BCUT2D eigenvalue weighted by Gasteiger charge is 2.53. The minimum atomic E-state index is -0.388. The normalized spacial score (nSPS) is 23.9. The quantitative estimate of drug-likeness (QED) is 0.776. The summed E-state index contributed by atoms with van der Waals surface area (Å²) in [6.07, 6.45) is 1.89. The number of halogens is 1. The smallest absolute Gasteiger partial charge is 0.255 e. The van der Waals surface area contributed by atoms with E-state index in [-0.39, 0.29) is 17.3 Å². The molecule has 2 aliphatic heterocycles. The first kappa shape index (κ1) is 11.6. The summed E-state index contributed by atoms with van der Waals surface area (Å²) in [5.74, 6) is -0.387. The van der Waals surface area contributed by atoms with Crippen molar-refractivity contribution in [2.45, 2.75) is 18.4 Å². The van der Waals surface area contributed by atoms with Crippen molar-refractivity contribution < 1.29 is 9.18 Å². The van der Waals surface area contributed by atoms with Crippen molar-refractivity contribution in [3.05, 3.63) is 71.0 Å². The Kier molecular flexibility index (Phi) is 2.28. The molecule has 1 amide bonds. The van der Waals surface area contributed by atoms with Crippen LogP contribution in [0.15, 0.2) is 48.5 Å². The topological polar surface area (TPSA) is 20.3 Å². The van der Waals surface area contributed by atoms with Crippen LogP contribution >= 0.6 is 0 Å². The molecule has 1 atom stereocenters. The third-order valence-corrected chi connectivity index (χ3v) is 4.54. The molecule has 0 spiro atoms. The van der Waals surface area contributed by atoms with Crippen LogP contribution in [0.5, 0.6) is 0 Å². The molecule has 1 fully saturated rings. The highest BCUT2D eigenvalue weighted by atomic mass is 19.1. The van der Waals surface area contributed by atoms with E-state index in [9.17, 15) is 9.18 Å². The fraction of sp³-hybridized carbons (Fsp3) is 0.235. The average Bonchev–Trinajstić information content (AvgIpc) is 3.00. The van der Waals surface area contributed by atoms with Gasteiger partial charge in [0, 0.05) is 12.1 Å². The maximum atomic E-state index is 13.5. The molecule has 0 radical (unpaired) electrons. The fourth-order valence-corrected chi connectivity index (χ4v) is 3.74. The van der Waals surface area contributed by atoms with Gasteiger partial charge in [-0.3, -0.25) is 4.79 Å². The minimum Gasteiger partial charge on any atom is -0.325 e. The standard InChI is InChI=1S/C17H14FNO/c18-13-7-8-15-14(11-13)16(20)19-10-4-9-17(15,19)12-5-2-1-3-6-12/h1-3,5-8,11H,4,9-10H2. The van der Waals surface area contributed by atoms with Crippen LogP contribution in [0, 0.1) is 5.82 Å². The molecule has 0 saturated carbocycles. The summed E-state index contributed by atoms with van der Waals surface area (Å²) in [5, 5.41) is 0. The molecule has 2 nitrogen and oxygen atoms in total. The lowest BCUT2D eigenvalue weighted by atomic mass is 9.81. The summed E-state index contributed by atoms with van der Waals surface area (Å²) in [4.78, 5) is 14.5. The third kappa shape index (κ3) is 1.30. The Bertz CT molecular complexity index is 697. The van der Waals surface area contributed by atoms with E-state index in [0.717, 1.165) is 30.5 Å². The lowest BCUT2D eigenvalue weighted by molar-refractivity contribution is 0.0711. The summed E-state index contributed by atoms with van der Waals surface area (Å²) in [6, 6.07) is 14.7. The predicted octanol–water partition coefficient (Wildman–Crippen LogP) is 3.32. The Labute approximate surface area is 116 Å². The van der Waals surface area contributed by atoms with Gasteiger partial charge in [-0.25, -0.2) is 4.39 Å². The number of hydrogen-bond donors (Lipinski definition) is 0. The molecule has 3 heteroatoms. The van der Waals surface area contributed by atoms with Crippen LogP contribution in [-0.4, -0.2) is 17.4 Å². The second kappa shape index (κ2) is 3.92. The second-order valence-electron chi connectivity index (χ2n) is 5.48. The monoisotopic (exact) mass is 267 g/mol. The summed E-state index contributed by atoms with van der Waals surface area (Å²) < 4.78 is 13.5. The Morgan fingerprint density at radius 3 is 2.70 bits per heavy atom. The van der Waals surface area contributed by atoms with E-state index >= 15 is 0 Å². The minimum absolute atomic E-state index is 0.0409. The Morgan fingerprint density at radius 1 is 1.10 bits per heavy atom. The van der Waals surface area contributed by atoms with E-state index in [2.05, 4.69) is 12.1 Å². The molecular formula is C17H14FNO. The van der Waals surface area contributed by atoms with Gasteiger partial charge in [-0.2, -0.15) is 0 Å². The van der Waals surface area contributed by atoms with Crippen LogP contribution in [0.2, 0.25) is 0 Å². The first-order valence-corrected chi connectivity index (χ1v) is 6.91. The molecule has 2 heterocycles. The van der Waals surface area contributed by atoms with Crippen molar-refractivity contribution in [3.63, 3.8) is 0 Å². The molecule has 0 aliphatic carbocycles. The molecule has 1 unspecified atom stereocenters. The van der Waals surface area contributed by atoms with Crippen molar-refractivity contribution in [2.24, 2.45) is 0 Å². The molecular weight excluding hydrogens is 253 g/mol. The maximum absolute atomic E-state index is 13.5. The fourth-order valence-electron chi connectivity index (χ4n) is 3.74. The van der Waals surface area contributed by atoms with Gasteiger partial charge in [-0.05, 0) is 36.1 Å². The first-order chi connectivity index (χ1) is 9.73. The highest BCUT2D eigenvalue weighted by molar-refractivity contribution is 6.01. The molecule has 0 bridgehead atoms. The molecule has 0 N–H and O–H groups in total. The summed E-state index contributed by atoms with van der Waals surface area (Å²) in [7, 11) is 0. The van der Waals surface area contributed by atoms with Crippen molar-refractivity contribution >= 4 is 5.91 Å². The van der Waals surface area contributed by atoms with E-state index in [0.29, 0.717) is 5.56 Å². The van der Waals surface area contributed by atoms with Gasteiger partial charge in [0.1, 0.15) is 5.82 Å². The van der Waals surface area contributed by atoms with E-state index in [1.54, 1.807) is 6.07 Å². The van der Waals surface area contributed by atoms with Gasteiger partial charge in [-0.15, -0.1) is 0 Å². The summed E-state index contributed by atoms with van der Waals surface area (Å²) in [6.45, 7) is 0.740. The van der Waals surface area contributed by atoms with E-state index in [1.165, 1.54) is 12.1 Å². The number of amides is 1. The van der Waals surface area contributed by atoms with Gasteiger partial charge >= 0.3 is 0 Å². The average molecular weight is 267 g/mol. The zero-order chi connectivity index (χ0) is 13.7. The van der Waals surface area contributed by atoms with Crippen LogP contribution in [0.3, 0.4) is 0 Å². The van der Waals surface area contributed by atoms with Crippen LogP contribution in [0.25, 0.3) is 0 Å². The lowest BCUT2D eigenvalue weighted by Gasteiger charge is -2.33. The molecule has 2 aromatic carbocycles. The molecule has 1 saturated heterocycles. The highest BCUT2D eigenvalue weighted by Crippen LogP contribution is 2.50. The van der Waals surface area contributed by atoms with E-state index < -0.39 is 0 Å². The van der Waals surface area contributed by atoms with Crippen molar-refractivity contribution in [1.29, 1.82) is 0 Å². The first-order valence-electron chi connectivity index (χ1n) is 6.91. The van der Waals surface area contributed by atoms with E-state index in [1.807, 2.05) is 23.1 Å². The Morgan fingerprint density at radius 2 is 1.90 bits per heavy atom. The Balaban J connectivity index is 2.01. The van der Waals surface area contributed by atoms with Crippen molar-refractivity contribution in [3.8, 4) is 0 Å². The van der Waals surface area contributed by atoms with Gasteiger partial charge in [0.2, 0.25) is 0 Å². The molecule has 2 aliphatic rings. The Hall–Kier alpha value is -2.16. The SMILES string of the molecule is O=C1c2cc(F)ccc2C2(c3ccccc3)CCCN12. The van der Waals surface area contributed by atoms with Gasteiger partial charge in [0.05, 0.1) is 5.54 Å². The number of benzene rings is 2. The number of nitrogens with zero attached hydrogens (tertiary/aromatic N) is 1. The van der Waals surface area contributed by atoms with Crippen LogP contribution in [0.4, 0.5) is 4.39 Å². The number of rotatable bonds is 1. The summed E-state index contributed by atoms with van der Waals surface area (Å²) >= 11 is 0. The third-order valence-electron chi connectivity index (χ3n) is 4.54.